The molecular formula is C22H19N3O2S2. The molecule has 146 valence electrons. The molecule has 0 fully saturated rings. The van der Waals surface area contributed by atoms with Crippen LogP contribution >= 0.6 is 11.3 Å². The van der Waals surface area contributed by atoms with Gasteiger partial charge in [0.05, 0.1) is 10.6 Å². The van der Waals surface area contributed by atoms with Gasteiger partial charge in [-0.25, -0.2) is 18.5 Å². The van der Waals surface area contributed by atoms with E-state index in [0.717, 1.165) is 27.0 Å². The van der Waals surface area contributed by atoms with Gasteiger partial charge in [-0.1, -0.05) is 66.7 Å². The number of nitrogens with one attached hydrogen (secondary N) is 1. The molecule has 7 heteroatoms. The summed E-state index contributed by atoms with van der Waals surface area (Å²) in [5.74, 6) is 0. The first-order chi connectivity index (χ1) is 14.0. The number of rotatable bonds is 6. The Hall–Kier alpha value is -3.00. The van der Waals surface area contributed by atoms with Crippen molar-refractivity contribution >= 4 is 32.2 Å². The molecule has 5 nitrogen and oxygen atoms in total. The van der Waals surface area contributed by atoms with Gasteiger partial charge in [-0.15, -0.1) is 11.3 Å². The van der Waals surface area contributed by atoms with Gasteiger partial charge >= 0.3 is 0 Å². The van der Waals surface area contributed by atoms with Gasteiger partial charge in [-0.05, 0) is 23.8 Å². The second-order valence-electron chi connectivity index (χ2n) is 6.48. The Morgan fingerprint density at radius 2 is 1.48 bits per heavy atom. The van der Waals surface area contributed by atoms with E-state index in [2.05, 4.69) is 5.32 Å². The number of nitrogens with zero attached hydrogens (tertiary/aromatic N) is 1. The number of para-hydroxylation sites is 1. The Kier molecular flexibility index (Phi) is 5.44. The molecule has 0 saturated heterocycles. The van der Waals surface area contributed by atoms with Crippen molar-refractivity contribution < 1.29 is 8.42 Å². The Morgan fingerprint density at radius 3 is 2.17 bits per heavy atom. The summed E-state index contributed by atoms with van der Waals surface area (Å²) in [6.45, 7) is 0. The Bertz CT molecular complexity index is 1220. The van der Waals surface area contributed by atoms with E-state index in [9.17, 15) is 8.42 Å². The lowest BCUT2D eigenvalue weighted by Gasteiger charge is -2.07. The number of aromatic nitrogens is 1. The Labute approximate surface area is 173 Å². The van der Waals surface area contributed by atoms with Crippen LogP contribution in [0.1, 0.15) is 10.4 Å². The number of thiazole rings is 1. The topological polar surface area (TPSA) is 85.1 Å². The van der Waals surface area contributed by atoms with Crippen LogP contribution in [0.15, 0.2) is 89.8 Å². The molecule has 0 bridgehead atoms. The van der Waals surface area contributed by atoms with Crippen LogP contribution in [0.5, 0.6) is 0 Å². The minimum atomic E-state index is -3.80. The van der Waals surface area contributed by atoms with Crippen molar-refractivity contribution in [1.29, 1.82) is 0 Å². The van der Waals surface area contributed by atoms with Gasteiger partial charge in [0, 0.05) is 22.5 Å². The van der Waals surface area contributed by atoms with Crippen molar-refractivity contribution in [3.63, 3.8) is 0 Å². The maximum absolute atomic E-state index is 12.0. The summed E-state index contributed by atoms with van der Waals surface area (Å²) in [6.07, 6.45) is 0.422. The molecular weight excluding hydrogens is 402 g/mol. The van der Waals surface area contributed by atoms with E-state index in [1.165, 1.54) is 17.4 Å². The zero-order valence-electron chi connectivity index (χ0n) is 15.4. The standard InChI is InChI=1S/C22H19N3O2S2/c23-29(26,27)20-14-8-7-11-17(20)15-19-21(16-9-3-1-4-10-16)25-22(28-19)24-18-12-5-2-6-13-18/h1-14H,15H2,(H,24,25)(H2,23,26,27). The molecule has 0 saturated carbocycles. The number of anilines is 2. The monoisotopic (exact) mass is 421 g/mol. The van der Waals surface area contributed by atoms with Crippen LogP contribution in [-0.2, 0) is 16.4 Å². The van der Waals surface area contributed by atoms with E-state index >= 15 is 0 Å². The van der Waals surface area contributed by atoms with Crippen molar-refractivity contribution in [3.8, 4) is 11.3 Å². The molecule has 4 rings (SSSR count). The zero-order valence-corrected chi connectivity index (χ0v) is 17.1. The minimum Gasteiger partial charge on any atom is -0.332 e. The lowest BCUT2D eigenvalue weighted by Crippen LogP contribution is -2.14. The van der Waals surface area contributed by atoms with Gasteiger partial charge in [-0.2, -0.15) is 0 Å². The molecule has 29 heavy (non-hydrogen) atoms. The molecule has 1 heterocycles. The van der Waals surface area contributed by atoms with Crippen molar-refractivity contribution in [1.82, 2.24) is 4.98 Å². The van der Waals surface area contributed by atoms with Gasteiger partial charge in [0.15, 0.2) is 5.13 Å². The third kappa shape index (κ3) is 4.54. The fourth-order valence-electron chi connectivity index (χ4n) is 3.09. The quantitative estimate of drug-likeness (QED) is 0.469. The van der Waals surface area contributed by atoms with Gasteiger partial charge in [0.2, 0.25) is 10.0 Å². The van der Waals surface area contributed by atoms with Gasteiger partial charge < -0.3 is 5.32 Å². The van der Waals surface area contributed by atoms with Crippen molar-refractivity contribution in [2.45, 2.75) is 11.3 Å². The SMILES string of the molecule is NS(=O)(=O)c1ccccc1Cc1sc(Nc2ccccc2)nc1-c1ccccc1. The maximum Gasteiger partial charge on any atom is 0.238 e. The highest BCUT2D eigenvalue weighted by atomic mass is 32.2. The second kappa shape index (κ2) is 8.16. The summed E-state index contributed by atoms with van der Waals surface area (Å²) in [5.41, 5.74) is 3.41. The second-order valence-corrected chi connectivity index (χ2v) is 9.09. The molecule has 1 aromatic heterocycles. The molecule has 3 N–H and O–H groups in total. The lowest BCUT2D eigenvalue weighted by atomic mass is 10.1. The number of hydrogen-bond donors (Lipinski definition) is 2. The molecule has 0 amide bonds. The molecule has 3 aromatic carbocycles. The van der Waals surface area contributed by atoms with Crippen LogP contribution in [-0.4, -0.2) is 13.4 Å². The fraction of sp³-hybridized carbons (Fsp3) is 0.0455. The summed E-state index contributed by atoms with van der Waals surface area (Å²) in [4.78, 5) is 5.90. The summed E-state index contributed by atoms with van der Waals surface area (Å²) in [5, 5.41) is 9.49. The average Bonchev–Trinajstić information content (AvgIpc) is 3.11. The predicted octanol–water partition coefficient (Wildman–Crippen LogP) is 4.79. The van der Waals surface area contributed by atoms with Crippen LogP contribution in [0.4, 0.5) is 10.8 Å². The Morgan fingerprint density at radius 1 is 0.862 bits per heavy atom. The van der Waals surface area contributed by atoms with E-state index in [4.69, 9.17) is 10.1 Å². The van der Waals surface area contributed by atoms with Crippen LogP contribution in [0, 0.1) is 0 Å². The smallest absolute Gasteiger partial charge is 0.238 e. The first-order valence-electron chi connectivity index (χ1n) is 8.98. The Balaban J connectivity index is 1.76. The zero-order chi connectivity index (χ0) is 20.3. The van der Waals surface area contributed by atoms with Gasteiger partial charge in [0.25, 0.3) is 0 Å². The fourth-order valence-corrected chi connectivity index (χ4v) is 4.89. The van der Waals surface area contributed by atoms with Crippen LogP contribution in [0.25, 0.3) is 11.3 Å². The number of nitrogens with two attached hydrogens (primary N) is 1. The third-order valence-electron chi connectivity index (χ3n) is 4.40. The highest BCUT2D eigenvalue weighted by Gasteiger charge is 2.18. The molecule has 0 spiro atoms. The highest BCUT2D eigenvalue weighted by Crippen LogP contribution is 2.35. The van der Waals surface area contributed by atoms with E-state index in [0.29, 0.717) is 12.0 Å². The van der Waals surface area contributed by atoms with Crippen molar-refractivity contribution in [2.75, 3.05) is 5.32 Å². The van der Waals surface area contributed by atoms with Gasteiger partial charge in [-0.3, -0.25) is 0 Å². The molecule has 0 unspecified atom stereocenters. The number of primary sulfonamides is 1. The molecule has 0 aliphatic rings. The molecule has 0 aliphatic carbocycles. The molecule has 4 aromatic rings. The minimum absolute atomic E-state index is 0.144. The molecule has 0 aliphatic heterocycles. The molecule has 0 atom stereocenters. The summed E-state index contributed by atoms with van der Waals surface area (Å²) >= 11 is 1.51. The van der Waals surface area contributed by atoms with Crippen molar-refractivity contribution in [2.24, 2.45) is 5.14 Å². The first kappa shape index (κ1) is 19.3. The first-order valence-corrected chi connectivity index (χ1v) is 11.3. The summed E-state index contributed by atoms with van der Waals surface area (Å²) in [7, 11) is -3.80. The average molecular weight is 422 g/mol. The van der Waals surface area contributed by atoms with Crippen LogP contribution in [0.3, 0.4) is 0 Å². The normalized spacial score (nSPS) is 11.3. The van der Waals surface area contributed by atoms with Crippen LogP contribution in [0.2, 0.25) is 0 Å². The van der Waals surface area contributed by atoms with Gasteiger partial charge in [0.1, 0.15) is 0 Å². The van der Waals surface area contributed by atoms with Crippen molar-refractivity contribution in [3.05, 3.63) is 95.4 Å². The summed E-state index contributed by atoms with van der Waals surface area (Å²) in [6, 6.07) is 26.5. The number of sulfonamides is 1. The van der Waals surface area contributed by atoms with E-state index in [1.54, 1.807) is 12.1 Å². The number of hydrogen-bond acceptors (Lipinski definition) is 5. The predicted molar refractivity (Wildman–Crippen MR) is 118 cm³/mol. The third-order valence-corrected chi connectivity index (χ3v) is 6.38. The lowest BCUT2D eigenvalue weighted by molar-refractivity contribution is 0.597. The molecule has 0 radical (unpaired) electrons. The van der Waals surface area contributed by atoms with E-state index in [1.807, 2.05) is 66.7 Å². The largest absolute Gasteiger partial charge is 0.332 e. The summed E-state index contributed by atoms with van der Waals surface area (Å²) < 4.78 is 24.0. The highest BCUT2D eigenvalue weighted by molar-refractivity contribution is 7.89. The van der Waals surface area contributed by atoms with E-state index < -0.39 is 10.0 Å². The van der Waals surface area contributed by atoms with E-state index in [-0.39, 0.29) is 4.90 Å². The number of benzene rings is 3. The van der Waals surface area contributed by atoms with Crippen LogP contribution < -0.4 is 10.5 Å². The maximum atomic E-state index is 12.0.